The highest BCUT2D eigenvalue weighted by Gasteiger charge is 2.12. The molecule has 4 nitrogen and oxygen atoms in total. The molecule has 3 aromatic carbocycles. The molecule has 0 fully saturated rings. The van der Waals surface area contributed by atoms with E-state index in [4.69, 9.17) is 32.9 Å². The number of rotatable bonds is 9. The van der Waals surface area contributed by atoms with Crippen molar-refractivity contribution < 1.29 is 4.74 Å². The maximum atomic E-state index is 13.2. The van der Waals surface area contributed by atoms with Crippen molar-refractivity contribution in [1.82, 2.24) is 9.55 Å². The minimum absolute atomic E-state index is 0.00776. The Kier molecular flexibility index (Phi) is 7.46. The number of unbranched alkanes of at least 4 members (excludes halogenated alkanes) is 3. The lowest BCUT2D eigenvalue weighted by molar-refractivity contribution is 0.304. The summed E-state index contributed by atoms with van der Waals surface area (Å²) in [6.45, 7) is 1.28. The molecule has 0 saturated heterocycles. The van der Waals surface area contributed by atoms with Crippen LogP contribution >= 0.6 is 23.2 Å². The van der Waals surface area contributed by atoms with Crippen LogP contribution in [0.25, 0.3) is 22.3 Å². The Hall–Kier alpha value is -2.82. The average Bonchev–Trinajstić information content (AvgIpc) is 2.81. The summed E-state index contributed by atoms with van der Waals surface area (Å²) in [6, 6.07) is 22.3. The molecule has 0 atom stereocenters. The third-order valence-corrected chi connectivity index (χ3v) is 5.83. The van der Waals surface area contributed by atoms with Gasteiger partial charge in [0.2, 0.25) is 0 Å². The Bertz CT molecular complexity index is 1240. The van der Waals surface area contributed by atoms with Gasteiger partial charge < -0.3 is 4.74 Å². The van der Waals surface area contributed by atoms with E-state index in [9.17, 15) is 4.79 Å². The van der Waals surface area contributed by atoms with Crippen molar-refractivity contribution in [1.29, 1.82) is 0 Å². The standard InChI is InChI=1S/C26H24Cl2N2O2/c27-20-11-9-19(10-12-20)25-29-24-8-4-3-7-23(24)26(31)30(25)17-5-1-2-6-18-32-22-15-13-21(28)14-16-22/h3-4,7-16H,1-2,5-6,17-18H2. The summed E-state index contributed by atoms with van der Waals surface area (Å²) in [5.41, 5.74) is 1.58. The zero-order chi connectivity index (χ0) is 22.3. The highest BCUT2D eigenvalue weighted by atomic mass is 35.5. The van der Waals surface area contributed by atoms with E-state index in [1.807, 2.05) is 72.8 Å². The fourth-order valence-electron chi connectivity index (χ4n) is 3.64. The van der Waals surface area contributed by atoms with Crippen LogP contribution in [0.2, 0.25) is 10.0 Å². The normalized spacial score (nSPS) is 11.1. The van der Waals surface area contributed by atoms with E-state index in [1.165, 1.54) is 0 Å². The molecule has 0 aliphatic rings. The van der Waals surface area contributed by atoms with Gasteiger partial charge in [0.15, 0.2) is 0 Å². The summed E-state index contributed by atoms with van der Waals surface area (Å²) in [6.07, 6.45) is 3.88. The first-order valence-electron chi connectivity index (χ1n) is 10.8. The lowest BCUT2D eigenvalue weighted by Crippen LogP contribution is -2.23. The van der Waals surface area contributed by atoms with Gasteiger partial charge in [-0.25, -0.2) is 4.98 Å². The molecule has 4 aromatic rings. The zero-order valence-corrected chi connectivity index (χ0v) is 19.1. The smallest absolute Gasteiger partial charge is 0.261 e. The van der Waals surface area contributed by atoms with Crippen LogP contribution in [-0.2, 0) is 6.54 Å². The Morgan fingerprint density at radius 2 is 1.44 bits per heavy atom. The van der Waals surface area contributed by atoms with Crippen LogP contribution in [0.4, 0.5) is 0 Å². The largest absolute Gasteiger partial charge is 0.494 e. The number of halogens is 2. The highest BCUT2D eigenvalue weighted by Crippen LogP contribution is 2.22. The molecule has 4 rings (SSSR count). The topological polar surface area (TPSA) is 44.1 Å². The van der Waals surface area contributed by atoms with Crippen molar-refractivity contribution in [3.63, 3.8) is 0 Å². The monoisotopic (exact) mass is 466 g/mol. The molecular weight excluding hydrogens is 443 g/mol. The highest BCUT2D eigenvalue weighted by molar-refractivity contribution is 6.30. The lowest BCUT2D eigenvalue weighted by Gasteiger charge is -2.14. The van der Waals surface area contributed by atoms with Gasteiger partial charge in [0, 0.05) is 22.2 Å². The first-order valence-corrected chi connectivity index (χ1v) is 11.5. The molecule has 0 saturated carbocycles. The molecule has 0 amide bonds. The van der Waals surface area contributed by atoms with Crippen LogP contribution in [0.5, 0.6) is 5.75 Å². The molecule has 1 aromatic heterocycles. The maximum Gasteiger partial charge on any atom is 0.261 e. The van der Waals surface area contributed by atoms with Crippen LogP contribution in [0.15, 0.2) is 77.6 Å². The molecular formula is C26H24Cl2N2O2. The molecule has 0 aliphatic heterocycles. The van der Waals surface area contributed by atoms with E-state index in [-0.39, 0.29) is 5.56 Å². The van der Waals surface area contributed by atoms with Gasteiger partial charge in [-0.1, -0.05) is 48.2 Å². The Morgan fingerprint density at radius 1 is 0.781 bits per heavy atom. The van der Waals surface area contributed by atoms with E-state index in [1.54, 1.807) is 4.57 Å². The van der Waals surface area contributed by atoms with Gasteiger partial charge in [0.05, 0.1) is 17.5 Å². The third-order valence-electron chi connectivity index (χ3n) is 5.32. The van der Waals surface area contributed by atoms with Gasteiger partial charge in [0.25, 0.3) is 5.56 Å². The minimum Gasteiger partial charge on any atom is -0.494 e. The van der Waals surface area contributed by atoms with Crippen LogP contribution in [0.1, 0.15) is 25.7 Å². The molecule has 0 bridgehead atoms. The van der Waals surface area contributed by atoms with Gasteiger partial charge in [-0.05, 0) is 73.5 Å². The predicted molar refractivity (Wildman–Crippen MR) is 132 cm³/mol. The second kappa shape index (κ2) is 10.7. The van der Waals surface area contributed by atoms with Crippen molar-refractivity contribution >= 4 is 34.1 Å². The van der Waals surface area contributed by atoms with Crippen molar-refractivity contribution in [2.24, 2.45) is 0 Å². The van der Waals surface area contributed by atoms with Crippen LogP contribution in [0, 0.1) is 0 Å². The predicted octanol–water partition coefficient (Wildman–Crippen LogP) is 7.01. The van der Waals surface area contributed by atoms with E-state index in [0.29, 0.717) is 39.9 Å². The molecule has 164 valence electrons. The van der Waals surface area contributed by atoms with Gasteiger partial charge >= 0.3 is 0 Å². The van der Waals surface area contributed by atoms with E-state index in [0.717, 1.165) is 37.0 Å². The van der Waals surface area contributed by atoms with Gasteiger partial charge in [-0.15, -0.1) is 0 Å². The summed E-state index contributed by atoms with van der Waals surface area (Å²) < 4.78 is 7.53. The fourth-order valence-corrected chi connectivity index (χ4v) is 3.89. The van der Waals surface area contributed by atoms with Crippen molar-refractivity contribution in [2.45, 2.75) is 32.2 Å². The average molecular weight is 467 g/mol. The molecule has 0 spiro atoms. The van der Waals surface area contributed by atoms with E-state index in [2.05, 4.69) is 0 Å². The van der Waals surface area contributed by atoms with Crippen LogP contribution in [0.3, 0.4) is 0 Å². The molecule has 1 heterocycles. The fraction of sp³-hybridized carbons (Fsp3) is 0.231. The molecule has 0 N–H and O–H groups in total. The first-order chi connectivity index (χ1) is 15.6. The summed E-state index contributed by atoms with van der Waals surface area (Å²) in [5, 5.41) is 2.00. The molecule has 32 heavy (non-hydrogen) atoms. The molecule has 0 aliphatic carbocycles. The summed E-state index contributed by atoms with van der Waals surface area (Å²) in [5.74, 6) is 1.51. The van der Waals surface area contributed by atoms with Gasteiger partial charge in [-0.3, -0.25) is 9.36 Å². The van der Waals surface area contributed by atoms with Crippen molar-refractivity contribution in [2.75, 3.05) is 6.61 Å². The van der Waals surface area contributed by atoms with Crippen LogP contribution < -0.4 is 10.3 Å². The Balaban J connectivity index is 1.40. The van der Waals surface area contributed by atoms with Gasteiger partial charge in [-0.2, -0.15) is 0 Å². The molecule has 6 heteroatoms. The number of benzene rings is 3. The summed E-state index contributed by atoms with van der Waals surface area (Å²) >= 11 is 11.9. The second-order valence-corrected chi connectivity index (χ2v) is 8.51. The third kappa shape index (κ3) is 5.50. The Morgan fingerprint density at radius 3 is 2.19 bits per heavy atom. The molecule has 0 unspecified atom stereocenters. The van der Waals surface area contributed by atoms with Gasteiger partial charge in [0.1, 0.15) is 11.6 Å². The molecule has 0 radical (unpaired) electrons. The quantitative estimate of drug-likeness (QED) is 0.249. The second-order valence-electron chi connectivity index (χ2n) is 7.63. The van der Waals surface area contributed by atoms with Crippen molar-refractivity contribution in [3.05, 3.63) is 93.2 Å². The SMILES string of the molecule is O=c1c2ccccc2nc(-c2ccc(Cl)cc2)n1CCCCCCOc1ccc(Cl)cc1. The lowest BCUT2D eigenvalue weighted by atomic mass is 10.1. The number of nitrogens with zero attached hydrogens (tertiary/aromatic N) is 2. The number of aromatic nitrogens is 2. The minimum atomic E-state index is -0.00776. The summed E-state index contributed by atoms with van der Waals surface area (Å²) in [4.78, 5) is 18.0. The zero-order valence-electron chi connectivity index (χ0n) is 17.6. The Labute approximate surface area is 197 Å². The van der Waals surface area contributed by atoms with Crippen LogP contribution in [-0.4, -0.2) is 16.2 Å². The van der Waals surface area contributed by atoms with E-state index >= 15 is 0 Å². The van der Waals surface area contributed by atoms with Crippen molar-refractivity contribution in [3.8, 4) is 17.1 Å². The van der Waals surface area contributed by atoms with E-state index < -0.39 is 0 Å². The maximum absolute atomic E-state index is 13.2. The number of ether oxygens (including phenoxy) is 1. The number of fused-ring (bicyclic) bond motifs is 1. The summed E-state index contributed by atoms with van der Waals surface area (Å²) in [7, 11) is 0. The number of hydrogen-bond acceptors (Lipinski definition) is 3. The first kappa shape index (κ1) is 22.4. The number of hydrogen-bond donors (Lipinski definition) is 0. The number of para-hydroxylation sites is 1.